The first-order valence-corrected chi connectivity index (χ1v) is 8.61. The molecule has 0 aliphatic carbocycles. The number of carbonyl (C=O) groups excluding carboxylic acids is 1. The zero-order valence-corrected chi connectivity index (χ0v) is 14.5. The van der Waals surface area contributed by atoms with Crippen LogP contribution >= 0.6 is 0 Å². The van der Waals surface area contributed by atoms with Crippen LogP contribution in [0.3, 0.4) is 0 Å². The highest BCUT2D eigenvalue weighted by Gasteiger charge is 2.41. The van der Waals surface area contributed by atoms with E-state index in [4.69, 9.17) is 0 Å². The van der Waals surface area contributed by atoms with Crippen LogP contribution in [0.1, 0.15) is 12.8 Å². The first kappa shape index (κ1) is 16.7. The summed E-state index contributed by atoms with van der Waals surface area (Å²) in [5.41, 5.74) is 0.150. The van der Waals surface area contributed by atoms with Crippen molar-refractivity contribution in [1.82, 2.24) is 20.1 Å². The molecule has 1 aliphatic heterocycles. The number of amides is 1. The lowest BCUT2D eigenvalue weighted by Crippen LogP contribution is -2.47. The lowest BCUT2D eigenvalue weighted by molar-refractivity contribution is -0.130. The molecule has 0 saturated carbocycles. The first-order chi connectivity index (χ1) is 12.5. The number of hydrogen-bond acceptors (Lipinski definition) is 4. The van der Waals surface area contributed by atoms with Crippen LogP contribution in [-0.2, 0) is 4.79 Å². The van der Waals surface area contributed by atoms with Gasteiger partial charge in [-0.05, 0) is 30.1 Å². The lowest BCUT2D eigenvalue weighted by Gasteiger charge is -2.33. The third-order valence-corrected chi connectivity index (χ3v) is 4.98. The van der Waals surface area contributed by atoms with E-state index in [0.29, 0.717) is 18.9 Å². The molecule has 1 amide bonds. The van der Waals surface area contributed by atoms with E-state index in [1.807, 2.05) is 36.3 Å². The Kier molecular flexibility index (Phi) is 4.16. The zero-order chi connectivity index (χ0) is 18.1. The number of halogens is 1. The van der Waals surface area contributed by atoms with Crippen molar-refractivity contribution in [2.45, 2.75) is 18.5 Å². The standard InChI is InChI=1S/C19H20FN5O/c1-25-6-4-19(20,5-7-25)18(26)24-17-9-15-8-13(16-11-22-23-12-16)2-3-14(15)10-21-17/h2-3,8-12H,4-7H2,1H3,(H,22,23)(H,21,24,26). The largest absolute Gasteiger partial charge is 0.308 e. The first-order valence-electron chi connectivity index (χ1n) is 8.61. The smallest absolute Gasteiger partial charge is 0.263 e. The minimum Gasteiger partial charge on any atom is -0.308 e. The number of rotatable bonds is 3. The number of pyridine rings is 1. The van der Waals surface area contributed by atoms with Crippen molar-refractivity contribution in [1.29, 1.82) is 0 Å². The summed E-state index contributed by atoms with van der Waals surface area (Å²) in [6.45, 7) is 1.15. The van der Waals surface area contributed by atoms with Crippen molar-refractivity contribution in [2.24, 2.45) is 0 Å². The molecule has 2 aromatic heterocycles. The highest BCUT2D eigenvalue weighted by molar-refractivity contribution is 5.98. The average Bonchev–Trinajstić information content (AvgIpc) is 3.18. The molecule has 3 aromatic rings. The second-order valence-corrected chi connectivity index (χ2v) is 6.84. The maximum absolute atomic E-state index is 14.9. The number of hydrogen-bond donors (Lipinski definition) is 2. The molecule has 0 unspecified atom stereocenters. The molecule has 7 heteroatoms. The molecule has 0 atom stereocenters. The third kappa shape index (κ3) is 3.17. The molecular weight excluding hydrogens is 333 g/mol. The zero-order valence-electron chi connectivity index (χ0n) is 14.5. The molecule has 1 saturated heterocycles. The number of H-pyrrole nitrogens is 1. The van der Waals surface area contributed by atoms with Crippen LogP contribution in [0, 0.1) is 0 Å². The molecule has 1 aliphatic rings. The van der Waals surface area contributed by atoms with Gasteiger partial charge in [0.1, 0.15) is 5.82 Å². The highest BCUT2D eigenvalue weighted by atomic mass is 19.1. The number of likely N-dealkylation sites (tertiary alicyclic amines) is 1. The van der Waals surface area contributed by atoms with E-state index >= 15 is 0 Å². The molecule has 6 nitrogen and oxygen atoms in total. The van der Waals surface area contributed by atoms with Crippen LogP contribution in [0.25, 0.3) is 21.9 Å². The predicted octanol–water partition coefficient (Wildman–Crippen LogP) is 3.00. The second-order valence-electron chi connectivity index (χ2n) is 6.84. The van der Waals surface area contributed by atoms with Gasteiger partial charge in [0.05, 0.1) is 6.20 Å². The van der Waals surface area contributed by atoms with E-state index in [9.17, 15) is 9.18 Å². The monoisotopic (exact) mass is 353 g/mol. The van der Waals surface area contributed by atoms with Gasteiger partial charge in [-0.3, -0.25) is 9.89 Å². The number of nitrogens with zero attached hydrogens (tertiary/aromatic N) is 3. The van der Waals surface area contributed by atoms with Crippen LogP contribution in [0.4, 0.5) is 10.2 Å². The molecule has 1 fully saturated rings. The van der Waals surface area contributed by atoms with Crippen molar-refractivity contribution in [3.05, 3.63) is 42.9 Å². The summed E-state index contributed by atoms with van der Waals surface area (Å²) in [7, 11) is 1.93. The van der Waals surface area contributed by atoms with Gasteiger partial charge in [-0.1, -0.05) is 12.1 Å². The fourth-order valence-electron chi connectivity index (χ4n) is 3.23. The van der Waals surface area contributed by atoms with Gasteiger partial charge in [0.2, 0.25) is 0 Å². The molecule has 4 rings (SSSR count). The third-order valence-electron chi connectivity index (χ3n) is 4.98. The van der Waals surface area contributed by atoms with Gasteiger partial charge in [-0.25, -0.2) is 9.37 Å². The average molecular weight is 353 g/mol. The predicted molar refractivity (Wildman–Crippen MR) is 98.5 cm³/mol. The topological polar surface area (TPSA) is 73.9 Å². The Labute approximate surface area is 150 Å². The molecule has 1 aromatic carbocycles. The van der Waals surface area contributed by atoms with Crippen molar-refractivity contribution in [3.63, 3.8) is 0 Å². The SMILES string of the molecule is CN1CCC(F)(C(=O)Nc2cc3cc(-c4cn[nH]c4)ccc3cn2)CC1. The number of alkyl halides is 1. The van der Waals surface area contributed by atoms with Gasteiger partial charge in [0.25, 0.3) is 5.91 Å². The minimum atomic E-state index is -1.83. The van der Waals surface area contributed by atoms with Gasteiger partial charge in [-0.15, -0.1) is 0 Å². The molecule has 0 radical (unpaired) electrons. The highest BCUT2D eigenvalue weighted by Crippen LogP contribution is 2.29. The molecule has 26 heavy (non-hydrogen) atoms. The Morgan fingerprint density at radius 2 is 2.00 bits per heavy atom. The van der Waals surface area contributed by atoms with E-state index in [1.54, 1.807) is 18.5 Å². The number of fused-ring (bicyclic) bond motifs is 1. The molecule has 0 spiro atoms. The summed E-state index contributed by atoms with van der Waals surface area (Å²) < 4.78 is 14.9. The number of anilines is 1. The summed E-state index contributed by atoms with van der Waals surface area (Å²) in [5, 5.41) is 11.3. The molecule has 2 N–H and O–H groups in total. The summed E-state index contributed by atoms with van der Waals surface area (Å²) in [5.74, 6) is -0.244. The Morgan fingerprint density at radius 3 is 2.73 bits per heavy atom. The van der Waals surface area contributed by atoms with Crippen LogP contribution in [0.5, 0.6) is 0 Å². The maximum atomic E-state index is 14.9. The van der Waals surface area contributed by atoms with Crippen molar-refractivity contribution in [3.8, 4) is 11.1 Å². The van der Waals surface area contributed by atoms with E-state index < -0.39 is 11.6 Å². The van der Waals surface area contributed by atoms with Gasteiger partial charge >= 0.3 is 0 Å². The number of aromatic amines is 1. The summed E-state index contributed by atoms with van der Waals surface area (Å²) in [6.07, 6.45) is 5.65. The number of nitrogens with one attached hydrogen (secondary N) is 2. The van der Waals surface area contributed by atoms with Gasteiger partial charge < -0.3 is 10.2 Å². The fraction of sp³-hybridized carbons (Fsp3) is 0.316. The normalized spacial score (nSPS) is 17.3. The number of aromatic nitrogens is 3. The Bertz CT molecular complexity index is 932. The molecular formula is C19H20FN5O. The Hall–Kier alpha value is -2.80. The van der Waals surface area contributed by atoms with Gasteiger partial charge in [0, 0.05) is 49.3 Å². The maximum Gasteiger partial charge on any atom is 0.263 e. The second kappa shape index (κ2) is 6.49. The van der Waals surface area contributed by atoms with Crippen molar-refractivity contribution in [2.75, 3.05) is 25.5 Å². The molecule has 134 valence electrons. The van der Waals surface area contributed by atoms with E-state index in [2.05, 4.69) is 20.5 Å². The lowest BCUT2D eigenvalue weighted by atomic mass is 9.92. The van der Waals surface area contributed by atoms with Crippen molar-refractivity contribution < 1.29 is 9.18 Å². The Morgan fingerprint density at radius 1 is 1.19 bits per heavy atom. The van der Waals surface area contributed by atoms with Crippen LogP contribution < -0.4 is 5.32 Å². The van der Waals surface area contributed by atoms with Crippen LogP contribution in [0.15, 0.2) is 42.9 Å². The number of piperidine rings is 1. The summed E-state index contributed by atoms with van der Waals surface area (Å²) in [6, 6.07) is 7.72. The van der Waals surface area contributed by atoms with E-state index in [1.165, 1.54) is 0 Å². The fourth-order valence-corrected chi connectivity index (χ4v) is 3.23. The van der Waals surface area contributed by atoms with E-state index in [-0.39, 0.29) is 12.8 Å². The van der Waals surface area contributed by atoms with Crippen LogP contribution in [-0.4, -0.2) is 51.8 Å². The Balaban J connectivity index is 1.57. The molecule has 0 bridgehead atoms. The van der Waals surface area contributed by atoms with Gasteiger partial charge in [0.15, 0.2) is 5.67 Å². The number of benzene rings is 1. The number of carbonyl (C=O) groups is 1. The van der Waals surface area contributed by atoms with Crippen LogP contribution in [0.2, 0.25) is 0 Å². The summed E-state index contributed by atoms with van der Waals surface area (Å²) in [4.78, 5) is 18.7. The van der Waals surface area contributed by atoms with E-state index in [0.717, 1.165) is 21.9 Å². The quantitative estimate of drug-likeness (QED) is 0.759. The summed E-state index contributed by atoms with van der Waals surface area (Å²) >= 11 is 0. The van der Waals surface area contributed by atoms with Crippen molar-refractivity contribution >= 4 is 22.5 Å². The molecule has 3 heterocycles. The minimum absolute atomic E-state index is 0.202. The van der Waals surface area contributed by atoms with Gasteiger partial charge in [-0.2, -0.15) is 5.10 Å².